The number of amides is 1. The Kier molecular flexibility index (Phi) is 6.01. The molecule has 132 valence electrons. The normalized spacial score (nSPS) is 26.8. The number of carbonyl (C=O) groups excluding carboxylic acids is 1. The zero-order valence-electron chi connectivity index (χ0n) is 15.3. The molecular weight excluding hydrogens is 284 g/mol. The third kappa shape index (κ3) is 4.29. The van der Waals surface area contributed by atoms with Crippen molar-refractivity contribution in [3.05, 3.63) is 0 Å². The first-order valence-corrected chi connectivity index (χ1v) is 10.2. The van der Waals surface area contributed by atoms with E-state index in [1.54, 1.807) is 0 Å². The molecule has 23 heavy (non-hydrogen) atoms. The first-order chi connectivity index (χ1) is 11.1. The van der Waals surface area contributed by atoms with Crippen molar-refractivity contribution in [1.29, 1.82) is 0 Å². The molecule has 1 aliphatic carbocycles. The number of carbonyl (C=O) groups is 1. The highest BCUT2D eigenvalue weighted by atomic mass is 16.2. The molecule has 2 heterocycles. The molecule has 0 aromatic heterocycles. The Hall–Kier alpha value is -0.570. The minimum absolute atomic E-state index is 0.311. The minimum atomic E-state index is 0.311. The first-order valence-electron chi connectivity index (χ1n) is 10.2. The van der Waals surface area contributed by atoms with Crippen molar-refractivity contribution in [2.45, 2.75) is 77.7 Å². The summed E-state index contributed by atoms with van der Waals surface area (Å²) in [5.41, 5.74) is 0. The van der Waals surface area contributed by atoms with E-state index in [2.05, 4.69) is 23.6 Å². The molecule has 3 rings (SSSR count). The lowest BCUT2D eigenvalue weighted by Gasteiger charge is -2.41. The second-order valence-corrected chi connectivity index (χ2v) is 8.51. The Morgan fingerprint density at radius 1 is 0.826 bits per heavy atom. The Morgan fingerprint density at radius 3 is 2.00 bits per heavy atom. The van der Waals surface area contributed by atoms with Crippen LogP contribution in [0.2, 0.25) is 0 Å². The summed E-state index contributed by atoms with van der Waals surface area (Å²) in [6.07, 6.45) is 11.6. The van der Waals surface area contributed by atoms with E-state index in [0.717, 1.165) is 56.9 Å². The average Bonchev–Trinajstić information content (AvgIpc) is 2.62. The summed E-state index contributed by atoms with van der Waals surface area (Å²) >= 11 is 0. The van der Waals surface area contributed by atoms with Crippen molar-refractivity contribution in [3.63, 3.8) is 0 Å². The molecule has 0 aromatic carbocycles. The number of piperidine rings is 2. The predicted octanol–water partition coefficient (Wildman–Crippen LogP) is 3.93. The summed E-state index contributed by atoms with van der Waals surface area (Å²) in [5.74, 6) is 2.37. The van der Waals surface area contributed by atoms with E-state index >= 15 is 0 Å². The van der Waals surface area contributed by atoms with E-state index < -0.39 is 0 Å². The Bertz CT molecular complexity index is 373. The van der Waals surface area contributed by atoms with E-state index in [1.165, 1.54) is 44.9 Å². The third-order valence-corrected chi connectivity index (χ3v) is 6.76. The van der Waals surface area contributed by atoms with Gasteiger partial charge in [0.1, 0.15) is 0 Å². The monoisotopic (exact) mass is 320 g/mol. The molecule has 2 saturated heterocycles. The van der Waals surface area contributed by atoms with Gasteiger partial charge in [-0.15, -0.1) is 0 Å². The van der Waals surface area contributed by atoms with Crippen LogP contribution in [0.5, 0.6) is 0 Å². The van der Waals surface area contributed by atoms with Crippen molar-refractivity contribution < 1.29 is 4.79 Å². The van der Waals surface area contributed by atoms with Gasteiger partial charge in [0.05, 0.1) is 0 Å². The van der Waals surface area contributed by atoms with Crippen molar-refractivity contribution in [2.24, 2.45) is 17.8 Å². The SMILES string of the molecule is CC(C)C1CCN(C(=O)C2CCN(C3CCCCC3)CC2)CC1. The van der Waals surface area contributed by atoms with E-state index in [0.29, 0.717) is 11.8 Å². The maximum Gasteiger partial charge on any atom is 0.225 e. The highest BCUT2D eigenvalue weighted by Gasteiger charge is 2.33. The van der Waals surface area contributed by atoms with Crippen LogP contribution in [-0.4, -0.2) is 47.9 Å². The lowest BCUT2D eigenvalue weighted by molar-refractivity contribution is -0.139. The Labute approximate surface area is 142 Å². The van der Waals surface area contributed by atoms with Crippen LogP contribution in [0.15, 0.2) is 0 Å². The molecule has 0 N–H and O–H groups in total. The van der Waals surface area contributed by atoms with Gasteiger partial charge >= 0.3 is 0 Å². The molecule has 2 aliphatic heterocycles. The lowest BCUT2D eigenvalue weighted by atomic mass is 9.85. The van der Waals surface area contributed by atoms with Gasteiger partial charge in [-0.2, -0.15) is 0 Å². The fraction of sp³-hybridized carbons (Fsp3) is 0.950. The van der Waals surface area contributed by atoms with Crippen LogP contribution in [0.4, 0.5) is 0 Å². The molecule has 3 fully saturated rings. The molecule has 1 saturated carbocycles. The van der Waals surface area contributed by atoms with Gasteiger partial charge in [0.2, 0.25) is 5.91 Å². The topological polar surface area (TPSA) is 23.6 Å². The van der Waals surface area contributed by atoms with Crippen LogP contribution in [0.25, 0.3) is 0 Å². The zero-order chi connectivity index (χ0) is 16.2. The molecule has 0 spiro atoms. The fourth-order valence-electron chi connectivity index (χ4n) is 5.00. The smallest absolute Gasteiger partial charge is 0.225 e. The first kappa shape index (κ1) is 17.3. The van der Waals surface area contributed by atoms with Crippen LogP contribution in [0, 0.1) is 17.8 Å². The summed E-state index contributed by atoms with van der Waals surface area (Å²) in [6, 6.07) is 0.821. The van der Waals surface area contributed by atoms with Crippen molar-refractivity contribution >= 4 is 5.91 Å². The summed E-state index contributed by atoms with van der Waals surface area (Å²) in [5, 5.41) is 0. The van der Waals surface area contributed by atoms with Gasteiger partial charge in [-0.1, -0.05) is 33.1 Å². The van der Waals surface area contributed by atoms with Gasteiger partial charge in [0.25, 0.3) is 0 Å². The molecule has 3 nitrogen and oxygen atoms in total. The molecule has 1 amide bonds. The third-order valence-electron chi connectivity index (χ3n) is 6.76. The fourth-order valence-corrected chi connectivity index (χ4v) is 5.00. The standard InChI is InChI=1S/C20H36N2O/c1-16(2)17-8-14-22(15-9-17)20(23)18-10-12-21(13-11-18)19-6-4-3-5-7-19/h16-19H,3-15H2,1-2H3. The molecule has 0 aromatic rings. The second kappa shape index (κ2) is 8.00. The molecular formula is C20H36N2O. The van der Waals surface area contributed by atoms with E-state index in [1.807, 2.05) is 0 Å². The van der Waals surface area contributed by atoms with Crippen LogP contribution in [0.3, 0.4) is 0 Å². The van der Waals surface area contributed by atoms with Gasteiger partial charge in [-0.25, -0.2) is 0 Å². The molecule has 3 aliphatic rings. The van der Waals surface area contributed by atoms with E-state index in [4.69, 9.17) is 0 Å². The summed E-state index contributed by atoms with van der Waals surface area (Å²) in [4.78, 5) is 17.7. The van der Waals surface area contributed by atoms with Gasteiger partial charge in [-0.3, -0.25) is 4.79 Å². The van der Waals surface area contributed by atoms with Crippen LogP contribution in [0.1, 0.15) is 71.6 Å². The quantitative estimate of drug-likeness (QED) is 0.787. The highest BCUT2D eigenvalue weighted by molar-refractivity contribution is 5.79. The maximum absolute atomic E-state index is 12.8. The summed E-state index contributed by atoms with van der Waals surface area (Å²) < 4.78 is 0. The van der Waals surface area contributed by atoms with Crippen LogP contribution < -0.4 is 0 Å². The van der Waals surface area contributed by atoms with Gasteiger partial charge in [-0.05, 0) is 63.5 Å². The second-order valence-electron chi connectivity index (χ2n) is 8.51. The van der Waals surface area contributed by atoms with Gasteiger partial charge < -0.3 is 9.80 Å². The maximum atomic E-state index is 12.8. The number of rotatable bonds is 3. The molecule has 0 atom stereocenters. The number of hydrogen-bond donors (Lipinski definition) is 0. The van der Waals surface area contributed by atoms with E-state index in [-0.39, 0.29) is 0 Å². The molecule has 0 radical (unpaired) electrons. The zero-order valence-corrected chi connectivity index (χ0v) is 15.3. The van der Waals surface area contributed by atoms with Crippen molar-refractivity contribution in [3.8, 4) is 0 Å². The van der Waals surface area contributed by atoms with Crippen LogP contribution in [-0.2, 0) is 4.79 Å². The predicted molar refractivity (Wildman–Crippen MR) is 95.3 cm³/mol. The number of nitrogens with zero attached hydrogens (tertiary/aromatic N) is 2. The van der Waals surface area contributed by atoms with Crippen molar-refractivity contribution in [1.82, 2.24) is 9.80 Å². The Morgan fingerprint density at radius 2 is 1.43 bits per heavy atom. The average molecular weight is 321 g/mol. The molecule has 3 heteroatoms. The lowest BCUT2D eigenvalue weighted by Crippen LogP contribution is -2.48. The van der Waals surface area contributed by atoms with Gasteiger partial charge in [0, 0.05) is 25.0 Å². The summed E-state index contributed by atoms with van der Waals surface area (Å²) in [6.45, 7) is 8.97. The van der Waals surface area contributed by atoms with Crippen LogP contribution >= 0.6 is 0 Å². The van der Waals surface area contributed by atoms with E-state index in [9.17, 15) is 4.79 Å². The number of likely N-dealkylation sites (tertiary alicyclic amines) is 2. The molecule has 0 unspecified atom stereocenters. The van der Waals surface area contributed by atoms with Crippen molar-refractivity contribution in [2.75, 3.05) is 26.2 Å². The summed E-state index contributed by atoms with van der Waals surface area (Å²) in [7, 11) is 0. The highest BCUT2D eigenvalue weighted by Crippen LogP contribution is 2.30. The minimum Gasteiger partial charge on any atom is -0.342 e. The molecule has 0 bridgehead atoms. The van der Waals surface area contributed by atoms with Gasteiger partial charge in [0.15, 0.2) is 0 Å². The Balaban J connectivity index is 1.43. The largest absolute Gasteiger partial charge is 0.342 e. The number of hydrogen-bond acceptors (Lipinski definition) is 2.